The highest BCUT2D eigenvalue weighted by Gasteiger charge is 2.35. The number of ether oxygens (including phenoxy) is 2. The van der Waals surface area contributed by atoms with Crippen molar-refractivity contribution in [3.05, 3.63) is 71.7 Å². The molecule has 1 atom stereocenters. The summed E-state index contributed by atoms with van der Waals surface area (Å²) in [6.45, 7) is 3.46. The van der Waals surface area contributed by atoms with E-state index in [1.54, 1.807) is 49.6 Å². The van der Waals surface area contributed by atoms with Crippen LogP contribution in [0.4, 0.5) is 11.4 Å². The normalized spacial score (nSPS) is 14.9. The van der Waals surface area contributed by atoms with Gasteiger partial charge in [0.05, 0.1) is 19.1 Å². The smallest absolute Gasteiger partial charge is 0.268 e. The largest absolute Gasteiger partial charge is 0.497 e. The van der Waals surface area contributed by atoms with Gasteiger partial charge in [0.25, 0.3) is 5.91 Å². The zero-order valence-corrected chi connectivity index (χ0v) is 18.6. The molecule has 1 aliphatic rings. The lowest BCUT2D eigenvalue weighted by Gasteiger charge is -2.34. The van der Waals surface area contributed by atoms with Gasteiger partial charge in [-0.15, -0.1) is 0 Å². The van der Waals surface area contributed by atoms with Crippen LogP contribution < -0.4 is 19.7 Å². The summed E-state index contributed by atoms with van der Waals surface area (Å²) in [5, 5.41) is 2.84. The van der Waals surface area contributed by atoms with Crippen LogP contribution in [0, 0.1) is 6.92 Å². The van der Waals surface area contributed by atoms with Crippen molar-refractivity contribution in [1.82, 2.24) is 0 Å². The number of carbonyl (C=O) groups excluding carboxylic acids is 3. The Morgan fingerprint density at radius 2 is 1.97 bits per heavy atom. The number of nitrogens with zero attached hydrogens (tertiary/aromatic N) is 1. The second-order valence-electron chi connectivity index (χ2n) is 7.66. The molecule has 170 valence electrons. The van der Waals surface area contributed by atoms with E-state index in [9.17, 15) is 14.4 Å². The number of nitrogens with one attached hydrogen (secondary N) is 1. The number of methoxy groups -OCH3 is 1. The topological polar surface area (TPSA) is 98.1 Å². The number of benzene rings is 2. The number of fused-ring (bicyclic) bond motifs is 1. The Bertz CT molecular complexity index is 1200. The number of amides is 2. The molecule has 1 N–H and O–H groups in total. The van der Waals surface area contributed by atoms with Crippen LogP contribution in [0.25, 0.3) is 0 Å². The zero-order chi connectivity index (χ0) is 23.5. The van der Waals surface area contributed by atoms with Crippen LogP contribution >= 0.6 is 0 Å². The van der Waals surface area contributed by atoms with Gasteiger partial charge in [0, 0.05) is 17.3 Å². The summed E-state index contributed by atoms with van der Waals surface area (Å²) < 4.78 is 16.3. The van der Waals surface area contributed by atoms with Crippen molar-refractivity contribution < 1.29 is 28.3 Å². The van der Waals surface area contributed by atoms with Gasteiger partial charge in [0.15, 0.2) is 11.9 Å². The molecule has 3 aromatic rings. The molecule has 0 unspecified atom stereocenters. The van der Waals surface area contributed by atoms with E-state index < -0.39 is 6.10 Å². The number of carbonyl (C=O) groups is 3. The molecule has 0 radical (unpaired) electrons. The molecule has 2 amide bonds. The van der Waals surface area contributed by atoms with Gasteiger partial charge >= 0.3 is 0 Å². The standard InChI is InChI=1S/C25H24N2O6/c1-4-20-25(30)27(14-23(28)26-18-13-17(31-3)9-7-15(18)2)19-12-16(8-10-21(19)33-20)24(29)22-6-5-11-32-22/h5-13,20H,4,14H2,1-3H3,(H,26,28)/t20-/m0/s1. The number of hydrogen-bond acceptors (Lipinski definition) is 6. The molecule has 8 nitrogen and oxygen atoms in total. The fourth-order valence-electron chi connectivity index (χ4n) is 3.63. The third-order valence-corrected chi connectivity index (χ3v) is 5.46. The molecule has 0 bridgehead atoms. The van der Waals surface area contributed by atoms with Crippen molar-refractivity contribution in [3.8, 4) is 11.5 Å². The lowest BCUT2D eigenvalue weighted by atomic mass is 10.0. The lowest BCUT2D eigenvalue weighted by Crippen LogP contribution is -2.48. The van der Waals surface area contributed by atoms with Crippen molar-refractivity contribution in [1.29, 1.82) is 0 Å². The van der Waals surface area contributed by atoms with Crippen molar-refractivity contribution in [3.63, 3.8) is 0 Å². The van der Waals surface area contributed by atoms with Gasteiger partial charge < -0.3 is 19.2 Å². The third kappa shape index (κ3) is 4.45. The average molecular weight is 448 g/mol. The van der Waals surface area contributed by atoms with Crippen LogP contribution in [0.5, 0.6) is 11.5 Å². The summed E-state index contributed by atoms with van der Waals surface area (Å²) >= 11 is 0. The number of aryl methyl sites for hydroxylation is 1. The molecule has 0 fully saturated rings. The highest BCUT2D eigenvalue weighted by atomic mass is 16.5. The minimum Gasteiger partial charge on any atom is -0.497 e. The monoisotopic (exact) mass is 448 g/mol. The molecule has 4 rings (SSSR count). The fraction of sp³-hybridized carbons (Fsp3) is 0.240. The molecule has 0 spiro atoms. The average Bonchev–Trinajstić information content (AvgIpc) is 3.36. The van der Waals surface area contributed by atoms with Gasteiger partial charge in [-0.05, 0) is 55.3 Å². The minimum absolute atomic E-state index is 0.183. The van der Waals surface area contributed by atoms with Crippen molar-refractivity contribution in [2.45, 2.75) is 26.4 Å². The Kier molecular flexibility index (Phi) is 6.17. The molecule has 1 aliphatic heterocycles. The van der Waals surface area contributed by atoms with Gasteiger partial charge in [-0.3, -0.25) is 19.3 Å². The first-order chi connectivity index (χ1) is 15.9. The SMILES string of the molecule is CC[C@@H]1Oc2ccc(C(=O)c3ccco3)cc2N(CC(=O)Nc2cc(OC)ccc2C)C1=O. The molecule has 0 aliphatic carbocycles. The predicted octanol–water partition coefficient (Wildman–Crippen LogP) is 3.97. The summed E-state index contributed by atoms with van der Waals surface area (Å²) in [6.07, 6.45) is 1.15. The second-order valence-corrected chi connectivity index (χ2v) is 7.66. The molecule has 0 saturated heterocycles. The Morgan fingerprint density at radius 1 is 1.15 bits per heavy atom. The number of furan rings is 1. The van der Waals surface area contributed by atoms with Gasteiger partial charge in [-0.1, -0.05) is 13.0 Å². The maximum Gasteiger partial charge on any atom is 0.268 e. The first-order valence-electron chi connectivity index (χ1n) is 10.6. The molecule has 0 saturated carbocycles. The van der Waals surface area contributed by atoms with Crippen LogP contribution in [0.1, 0.15) is 35.0 Å². The van der Waals surface area contributed by atoms with Gasteiger partial charge in [0.1, 0.15) is 18.0 Å². The Labute approximate surface area is 191 Å². The molecular weight excluding hydrogens is 424 g/mol. The maximum absolute atomic E-state index is 13.1. The third-order valence-electron chi connectivity index (χ3n) is 5.46. The van der Waals surface area contributed by atoms with E-state index in [0.29, 0.717) is 34.9 Å². The fourth-order valence-corrected chi connectivity index (χ4v) is 3.63. The van der Waals surface area contributed by atoms with E-state index in [1.165, 1.54) is 11.2 Å². The molecule has 2 heterocycles. The zero-order valence-electron chi connectivity index (χ0n) is 18.6. The molecule has 33 heavy (non-hydrogen) atoms. The quantitative estimate of drug-likeness (QED) is 0.549. The summed E-state index contributed by atoms with van der Waals surface area (Å²) in [6, 6.07) is 13.4. The van der Waals surface area contributed by atoms with E-state index in [-0.39, 0.29) is 29.9 Å². The van der Waals surface area contributed by atoms with Crippen LogP contribution in [0.3, 0.4) is 0 Å². The van der Waals surface area contributed by atoms with Gasteiger partial charge in [-0.25, -0.2) is 0 Å². The molecule has 8 heteroatoms. The highest BCUT2D eigenvalue weighted by Crippen LogP contribution is 2.36. The van der Waals surface area contributed by atoms with Crippen molar-refractivity contribution in [2.24, 2.45) is 0 Å². The van der Waals surface area contributed by atoms with Crippen LogP contribution in [-0.4, -0.2) is 37.4 Å². The Balaban J connectivity index is 1.63. The van der Waals surface area contributed by atoms with Gasteiger partial charge in [-0.2, -0.15) is 0 Å². The van der Waals surface area contributed by atoms with E-state index in [0.717, 1.165) is 5.56 Å². The lowest BCUT2D eigenvalue weighted by molar-refractivity contribution is -0.128. The Hall–Kier alpha value is -4.07. The maximum atomic E-state index is 13.1. The number of anilines is 2. The van der Waals surface area contributed by atoms with Crippen molar-refractivity contribution in [2.75, 3.05) is 23.9 Å². The molecular formula is C25H24N2O6. The summed E-state index contributed by atoms with van der Waals surface area (Å²) in [7, 11) is 1.55. The number of hydrogen-bond donors (Lipinski definition) is 1. The second kappa shape index (κ2) is 9.20. The number of ketones is 1. The minimum atomic E-state index is -0.713. The first-order valence-corrected chi connectivity index (χ1v) is 10.6. The van der Waals surface area contributed by atoms with Crippen LogP contribution in [0.15, 0.2) is 59.2 Å². The van der Waals surface area contributed by atoms with Crippen molar-refractivity contribution >= 4 is 29.0 Å². The van der Waals surface area contributed by atoms with E-state index in [2.05, 4.69) is 5.32 Å². The first kappa shape index (κ1) is 22.1. The summed E-state index contributed by atoms with van der Waals surface area (Å²) in [5.74, 6) is 0.167. The summed E-state index contributed by atoms with van der Waals surface area (Å²) in [4.78, 5) is 40.1. The highest BCUT2D eigenvalue weighted by molar-refractivity contribution is 6.10. The van der Waals surface area contributed by atoms with Crippen LogP contribution in [-0.2, 0) is 9.59 Å². The summed E-state index contributed by atoms with van der Waals surface area (Å²) in [5.41, 5.74) is 2.13. The van der Waals surface area contributed by atoms with E-state index in [1.807, 2.05) is 19.9 Å². The van der Waals surface area contributed by atoms with E-state index >= 15 is 0 Å². The molecule has 2 aromatic carbocycles. The number of rotatable bonds is 7. The molecule has 1 aromatic heterocycles. The van der Waals surface area contributed by atoms with Crippen LogP contribution in [0.2, 0.25) is 0 Å². The van der Waals surface area contributed by atoms with Gasteiger partial charge in [0.2, 0.25) is 11.7 Å². The predicted molar refractivity (Wildman–Crippen MR) is 122 cm³/mol. The van der Waals surface area contributed by atoms with E-state index in [4.69, 9.17) is 13.9 Å². The Morgan fingerprint density at radius 3 is 2.67 bits per heavy atom.